The Morgan fingerprint density at radius 2 is 2.08 bits per heavy atom. The second kappa shape index (κ2) is 7.71. The molecule has 1 atom stereocenters. The summed E-state index contributed by atoms with van der Waals surface area (Å²) in [7, 11) is 0. The first-order chi connectivity index (χ1) is 12.0. The first-order valence-corrected chi connectivity index (χ1v) is 9.61. The third-order valence-corrected chi connectivity index (χ3v) is 5.39. The van der Waals surface area contributed by atoms with E-state index < -0.39 is 0 Å². The Labute approximate surface area is 153 Å². The summed E-state index contributed by atoms with van der Waals surface area (Å²) in [5, 5.41) is 14.0. The molecule has 3 rings (SSSR count). The molecule has 0 bridgehead atoms. The molecular weight excluding hydrogens is 356 g/mol. The number of thiophene rings is 1. The van der Waals surface area contributed by atoms with Crippen molar-refractivity contribution in [3.05, 3.63) is 66.7 Å². The molecule has 130 valence electrons. The van der Waals surface area contributed by atoms with Crippen molar-refractivity contribution in [2.75, 3.05) is 0 Å². The molecule has 0 unspecified atom stereocenters. The molecule has 0 saturated heterocycles. The highest BCUT2D eigenvalue weighted by Crippen LogP contribution is 2.23. The zero-order valence-electron chi connectivity index (χ0n) is 13.9. The molecule has 3 aromatic heterocycles. The van der Waals surface area contributed by atoms with Crippen LogP contribution in [0.15, 0.2) is 39.1 Å². The molecule has 0 aliphatic carbocycles. The van der Waals surface area contributed by atoms with E-state index in [1.165, 1.54) is 22.1 Å². The average molecular weight is 374 g/mol. The molecule has 8 heteroatoms. The Morgan fingerprint density at radius 3 is 2.76 bits per heavy atom. The van der Waals surface area contributed by atoms with Gasteiger partial charge in [-0.05, 0) is 42.3 Å². The predicted octanol–water partition coefficient (Wildman–Crippen LogP) is 2.48. The summed E-state index contributed by atoms with van der Waals surface area (Å²) in [4.78, 5) is 28.8. The molecule has 3 aromatic rings. The number of nitrogens with zero attached hydrogens (tertiary/aromatic N) is 3. The van der Waals surface area contributed by atoms with Gasteiger partial charge >= 0.3 is 0 Å². The van der Waals surface area contributed by atoms with Crippen molar-refractivity contribution in [3.8, 4) is 0 Å². The molecule has 0 spiro atoms. The monoisotopic (exact) mass is 374 g/mol. The number of aromatic nitrogens is 3. The smallest absolute Gasteiger partial charge is 0.267 e. The molecular formula is C17H18N4O2S2. The third-order valence-electron chi connectivity index (χ3n) is 3.58. The van der Waals surface area contributed by atoms with E-state index in [9.17, 15) is 9.59 Å². The summed E-state index contributed by atoms with van der Waals surface area (Å²) in [6, 6.07) is 4.87. The van der Waals surface area contributed by atoms with Crippen LogP contribution in [0.5, 0.6) is 0 Å². The van der Waals surface area contributed by atoms with E-state index in [1.807, 2.05) is 23.8 Å². The number of hydrogen-bond donors (Lipinski definition) is 1. The van der Waals surface area contributed by atoms with Crippen molar-refractivity contribution in [2.45, 2.75) is 32.9 Å². The van der Waals surface area contributed by atoms with Gasteiger partial charge < -0.3 is 5.32 Å². The van der Waals surface area contributed by atoms with Gasteiger partial charge in [-0.15, -0.1) is 11.3 Å². The van der Waals surface area contributed by atoms with Crippen molar-refractivity contribution in [2.24, 2.45) is 0 Å². The molecule has 0 radical (unpaired) electrons. The van der Waals surface area contributed by atoms with Crippen molar-refractivity contribution >= 4 is 28.6 Å². The number of carbonyl (C=O) groups excluding carboxylic acids is 1. The van der Waals surface area contributed by atoms with Crippen LogP contribution in [0.3, 0.4) is 0 Å². The second-order valence-electron chi connectivity index (χ2n) is 5.75. The number of nitrogens with one attached hydrogen (secondary N) is 1. The largest absolute Gasteiger partial charge is 0.345 e. The third kappa shape index (κ3) is 4.61. The maximum absolute atomic E-state index is 12.5. The van der Waals surface area contributed by atoms with E-state index in [0.29, 0.717) is 12.1 Å². The molecule has 0 saturated carbocycles. The van der Waals surface area contributed by atoms with Gasteiger partial charge in [0, 0.05) is 23.6 Å². The zero-order valence-corrected chi connectivity index (χ0v) is 15.6. The van der Waals surface area contributed by atoms with Crippen molar-refractivity contribution in [1.82, 2.24) is 20.1 Å². The molecule has 0 aromatic carbocycles. The number of amides is 1. The number of carbonyl (C=O) groups is 1. The standard InChI is InChI=1S/C17H18N4O2S2/c1-11-3-4-16(23)21(20-11)8-15(22)19-14(7-13-5-6-24-10-13)17-18-12(2)9-25-17/h3-6,9-10,14H,7-8H2,1-2H3,(H,19,22)/t14-/m0/s1. The number of hydrogen-bond acceptors (Lipinski definition) is 6. The fourth-order valence-electron chi connectivity index (χ4n) is 2.42. The molecule has 6 nitrogen and oxygen atoms in total. The van der Waals surface area contributed by atoms with Crippen LogP contribution >= 0.6 is 22.7 Å². The average Bonchev–Trinajstić information content (AvgIpc) is 3.22. The van der Waals surface area contributed by atoms with Crippen molar-refractivity contribution in [3.63, 3.8) is 0 Å². The topological polar surface area (TPSA) is 76.9 Å². The molecule has 1 amide bonds. The van der Waals surface area contributed by atoms with Crippen LogP contribution in [0.2, 0.25) is 0 Å². The van der Waals surface area contributed by atoms with Gasteiger partial charge in [-0.3, -0.25) is 9.59 Å². The van der Waals surface area contributed by atoms with Crippen LogP contribution in [-0.2, 0) is 17.8 Å². The normalized spacial score (nSPS) is 12.1. The van der Waals surface area contributed by atoms with Crippen LogP contribution in [0, 0.1) is 13.8 Å². The maximum Gasteiger partial charge on any atom is 0.267 e. The maximum atomic E-state index is 12.5. The molecule has 3 heterocycles. The first-order valence-electron chi connectivity index (χ1n) is 7.78. The van der Waals surface area contributed by atoms with E-state index in [-0.39, 0.29) is 24.1 Å². The van der Waals surface area contributed by atoms with Crippen LogP contribution in [-0.4, -0.2) is 20.7 Å². The number of thiazole rings is 1. The number of rotatable bonds is 6. The lowest BCUT2D eigenvalue weighted by atomic mass is 10.1. The highest BCUT2D eigenvalue weighted by atomic mass is 32.1. The van der Waals surface area contributed by atoms with E-state index >= 15 is 0 Å². The van der Waals surface area contributed by atoms with E-state index in [2.05, 4.69) is 20.8 Å². The Kier molecular flexibility index (Phi) is 5.40. The number of aryl methyl sites for hydroxylation is 2. The first kappa shape index (κ1) is 17.5. The lowest BCUT2D eigenvalue weighted by molar-refractivity contribution is -0.122. The lowest BCUT2D eigenvalue weighted by Crippen LogP contribution is -2.36. The van der Waals surface area contributed by atoms with Crippen molar-refractivity contribution < 1.29 is 4.79 Å². The van der Waals surface area contributed by atoms with Gasteiger partial charge in [0.05, 0.1) is 11.7 Å². The van der Waals surface area contributed by atoms with Gasteiger partial charge in [0.2, 0.25) is 5.91 Å². The zero-order chi connectivity index (χ0) is 17.8. The lowest BCUT2D eigenvalue weighted by Gasteiger charge is -2.16. The highest BCUT2D eigenvalue weighted by molar-refractivity contribution is 7.09. The summed E-state index contributed by atoms with van der Waals surface area (Å²) in [6.45, 7) is 3.61. The molecule has 25 heavy (non-hydrogen) atoms. The summed E-state index contributed by atoms with van der Waals surface area (Å²) < 4.78 is 1.18. The Morgan fingerprint density at radius 1 is 1.24 bits per heavy atom. The van der Waals surface area contributed by atoms with Gasteiger partial charge in [0.25, 0.3) is 5.56 Å². The quantitative estimate of drug-likeness (QED) is 0.719. The fraction of sp³-hybridized carbons (Fsp3) is 0.294. The van der Waals surface area contributed by atoms with Crippen LogP contribution in [0.25, 0.3) is 0 Å². The van der Waals surface area contributed by atoms with Gasteiger partial charge in [-0.25, -0.2) is 9.67 Å². The van der Waals surface area contributed by atoms with Crippen LogP contribution < -0.4 is 10.9 Å². The van der Waals surface area contributed by atoms with E-state index in [1.54, 1.807) is 24.3 Å². The molecule has 0 aliphatic rings. The highest BCUT2D eigenvalue weighted by Gasteiger charge is 2.19. The Balaban J connectivity index is 1.76. The van der Waals surface area contributed by atoms with Crippen molar-refractivity contribution in [1.29, 1.82) is 0 Å². The summed E-state index contributed by atoms with van der Waals surface area (Å²) in [5.41, 5.74) is 2.48. The summed E-state index contributed by atoms with van der Waals surface area (Å²) in [6.07, 6.45) is 0.665. The minimum absolute atomic E-state index is 0.106. The van der Waals surface area contributed by atoms with Crippen LogP contribution in [0.1, 0.15) is 28.0 Å². The van der Waals surface area contributed by atoms with Gasteiger partial charge in [0.15, 0.2) is 0 Å². The second-order valence-corrected chi connectivity index (χ2v) is 7.42. The fourth-order valence-corrected chi connectivity index (χ4v) is 3.95. The molecule has 1 N–H and O–H groups in total. The van der Waals surface area contributed by atoms with Gasteiger partial charge in [-0.2, -0.15) is 16.4 Å². The Hall–Kier alpha value is -2.32. The summed E-state index contributed by atoms with van der Waals surface area (Å²) in [5.74, 6) is -0.256. The van der Waals surface area contributed by atoms with E-state index in [4.69, 9.17) is 0 Å². The van der Waals surface area contributed by atoms with Crippen LogP contribution in [0.4, 0.5) is 0 Å². The minimum Gasteiger partial charge on any atom is -0.345 e. The summed E-state index contributed by atoms with van der Waals surface area (Å²) >= 11 is 3.15. The SMILES string of the molecule is Cc1csc([C@H](Cc2ccsc2)NC(=O)Cn2nc(C)ccc2=O)n1. The predicted molar refractivity (Wildman–Crippen MR) is 99.0 cm³/mol. The van der Waals surface area contributed by atoms with Gasteiger partial charge in [0.1, 0.15) is 11.6 Å². The Bertz CT molecular complexity index is 915. The van der Waals surface area contributed by atoms with E-state index in [0.717, 1.165) is 16.3 Å². The minimum atomic E-state index is -0.291. The molecule has 0 fully saturated rings. The van der Waals surface area contributed by atoms with Gasteiger partial charge in [-0.1, -0.05) is 0 Å². The molecule has 0 aliphatic heterocycles.